The minimum atomic E-state index is -0.523. The van der Waals surface area contributed by atoms with Crippen LogP contribution in [0.2, 0.25) is 5.02 Å². The van der Waals surface area contributed by atoms with E-state index in [1.54, 1.807) is 24.1 Å². The van der Waals surface area contributed by atoms with Crippen LogP contribution in [0.5, 0.6) is 11.5 Å². The van der Waals surface area contributed by atoms with Gasteiger partial charge in [0.05, 0.1) is 25.2 Å². The molecular formula is C15H20ClNO4. The first-order chi connectivity index (χ1) is 9.80. The summed E-state index contributed by atoms with van der Waals surface area (Å²) in [5, 5.41) is 0.492. The number of hydrogen-bond donors (Lipinski definition) is 0. The van der Waals surface area contributed by atoms with Gasteiger partial charge < -0.3 is 19.1 Å². The first kappa shape index (κ1) is 15.8. The zero-order valence-corrected chi connectivity index (χ0v) is 13.5. The number of carbonyl (C=O) groups is 1. The van der Waals surface area contributed by atoms with Crippen molar-refractivity contribution in [3.63, 3.8) is 0 Å². The van der Waals surface area contributed by atoms with Crippen LogP contribution in [0.25, 0.3) is 0 Å². The van der Waals surface area contributed by atoms with Gasteiger partial charge in [-0.25, -0.2) is 4.79 Å². The number of rotatable bonds is 1. The van der Waals surface area contributed by atoms with Crippen LogP contribution in [0, 0.1) is 0 Å². The maximum atomic E-state index is 12.2. The van der Waals surface area contributed by atoms with Crippen LogP contribution in [0.3, 0.4) is 0 Å². The van der Waals surface area contributed by atoms with E-state index < -0.39 is 5.60 Å². The van der Waals surface area contributed by atoms with E-state index in [-0.39, 0.29) is 6.09 Å². The second-order valence-corrected chi connectivity index (χ2v) is 6.25. The van der Waals surface area contributed by atoms with Crippen LogP contribution in [-0.4, -0.2) is 36.9 Å². The summed E-state index contributed by atoms with van der Waals surface area (Å²) in [4.78, 5) is 13.8. The summed E-state index contributed by atoms with van der Waals surface area (Å²) in [5.74, 6) is 1.24. The molecule has 116 valence electrons. The molecular weight excluding hydrogens is 294 g/mol. The minimum Gasteiger partial charge on any atom is -0.495 e. The second kappa shape index (κ2) is 6.02. The van der Waals surface area contributed by atoms with Crippen molar-refractivity contribution in [3.8, 4) is 11.5 Å². The number of fused-ring (bicyclic) bond motifs is 1. The summed E-state index contributed by atoms with van der Waals surface area (Å²) in [6.07, 6.45) is -0.356. The molecule has 0 bridgehead atoms. The van der Waals surface area contributed by atoms with E-state index in [1.807, 2.05) is 20.8 Å². The van der Waals surface area contributed by atoms with Gasteiger partial charge in [-0.15, -0.1) is 0 Å². The van der Waals surface area contributed by atoms with E-state index in [9.17, 15) is 4.79 Å². The molecule has 0 aromatic heterocycles. The van der Waals surface area contributed by atoms with E-state index >= 15 is 0 Å². The first-order valence-corrected chi connectivity index (χ1v) is 7.15. The highest BCUT2D eigenvalue weighted by Gasteiger charge is 2.25. The Morgan fingerprint density at radius 2 is 2.10 bits per heavy atom. The monoisotopic (exact) mass is 313 g/mol. The van der Waals surface area contributed by atoms with Crippen molar-refractivity contribution in [2.24, 2.45) is 0 Å². The summed E-state index contributed by atoms with van der Waals surface area (Å²) < 4.78 is 16.2. The molecule has 1 aromatic carbocycles. The normalized spacial score (nSPS) is 14.8. The zero-order valence-electron chi connectivity index (χ0n) is 12.7. The van der Waals surface area contributed by atoms with E-state index in [4.69, 9.17) is 25.8 Å². The Kier molecular flexibility index (Phi) is 4.52. The lowest BCUT2D eigenvalue weighted by Crippen LogP contribution is -2.37. The molecule has 0 atom stereocenters. The van der Waals surface area contributed by atoms with Crippen LogP contribution < -0.4 is 9.47 Å². The molecule has 2 rings (SSSR count). The van der Waals surface area contributed by atoms with Crippen LogP contribution in [-0.2, 0) is 11.3 Å². The molecule has 1 heterocycles. The number of carbonyl (C=O) groups excluding carboxylic acids is 1. The van der Waals surface area contributed by atoms with Gasteiger partial charge in [0, 0.05) is 11.6 Å². The highest BCUT2D eigenvalue weighted by atomic mass is 35.5. The lowest BCUT2D eigenvalue weighted by molar-refractivity contribution is 0.0225. The predicted molar refractivity (Wildman–Crippen MR) is 80.1 cm³/mol. The molecule has 0 fully saturated rings. The molecule has 6 heteroatoms. The Morgan fingerprint density at radius 1 is 1.38 bits per heavy atom. The number of ether oxygens (including phenoxy) is 3. The lowest BCUT2D eigenvalue weighted by Gasteiger charge is -2.26. The Hall–Kier alpha value is -1.62. The van der Waals surface area contributed by atoms with Crippen LogP contribution in [0.4, 0.5) is 4.79 Å². The van der Waals surface area contributed by atoms with Gasteiger partial charge in [-0.2, -0.15) is 0 Å². The summed E-state index contributed by atoms with van der Waals surface area (Å²) in [6.45, 7) is 6.78. The SMILES string of the molecule is COc1cc2c(cc1Cl)CN(C(=O)OC(C)(C)C)CCO2. The fourth-order valence-electron chi connectivity index (χ4n) is 2.02. The third-order valence-corrected chi connectivity index (χ3v) is 3.26. The minimum absolute atomic E-state index is 0.356. The number of methoxy groups -OCH3 is 1. The molecule has 1 aliphatic heterocycles. The van der Waals surface area contributed by atoms with Crippen LogP contribution in [0.1, 0.15) is 26.3 Å². The van der Waals surface area contributed by atoms with E-state index in [0.29, 0.717) is 36.2 Å². The number of hydrogen-bond acceptors (Lipinski definition) is 4. The third-order valence-electron chi connectivity index (χ3n) is 2.97. The molecule has 0 N–H and O–H groups in total. The fraction of sp³-hybridized carbons (Fsp3) is 0.533. The molecule has 1 aromatic rings. The van der Waals surface area contributed by atoms with Crippen molar-refractivity contribution < 1.29 is 19.0 Å². The molecule has 0 spiro atoms. The molecule has 1 aliphatic rings. The van der Waals surface area contributed by atoms with Gasteiger partial charge in [0.25, 0.3) is 0 Å². The summed E-state index contributed by atoms with van der Waals surface area (Å²) in [6, 6.07) is 3.51. The van der Waals surface area contributed by atoms with Crippen molar-refractivity contribution in [2.75, 3.05) is 20.3 Å². The molecule has 0 saturated heterocycles. The number of halogens is 1. The Morgan fingerprint density at radius 3 is 2.71 bits per heavy atom. The third kappa shape index (κ3) is 3.94. The second-order valence-electron chi connectivity index (χ2n) is 5.84. The summed E-state index contributed by atoms with van der Waals surface area (Å²) >= 11 is 6.13. The van der Waals surface area contributed by atoms with Crippen molar-refractivity contribution in [2.45, 2.75) is 32.9 Å². The van der Waals surface area contributed by atoms with E-state index in [0.717, 1.165) is 5.56 Å². The zero-order chi connectivity index (χ0) is 15.6. The van der Waals surface area contributed by atoms with Gasteiger partial charge in [-0.1, -0.05) is 11.6 Å². The van der Waals surface area contributed by atoms with Gasteiger partial charge in [-0.05, 0) is 26.8 Å². The average molecular weight is 314 g/mol. The van der Waals surface area contributed by atoms with Gasteiger partial charge in [0.1, 0.15) is 23.7 Å². The quantitative estimate of drug-likeness (QED) is 0.796. The molecule has 0 radical (unpaired) electrons. The Labute approximate surface area is 129 Å². The molecule has 21 heavy (non-hydrogen) atoms. The number of amides is 1. The highest BCUT2D eigenvalue weighted by molar-refractivity contribution is 6.32. The first-order valence-electron chi connectivity index (χ1n) is 6.77. The highest BCUT2D eigenvalue weighted by Crippen LogP contribution is 2.34. The summed E-state index contributed by atoms with van der Waals surface area (Å²) in [5.41, 5.74) is 0.314. The maximum absolute atomic E-state index is 12.2. The van der Waals surface area contributed by atoms with Crippen LogP contribution >= 0.6 is 11.6 Å². The molecule has 0 unspecified atom stereocenters. The molecule has 1 amide bonds. The largest absolute Gasteiger partial charge is 0.495 e. The van der Waals surface area contributed by atoms with Gasteiger partial charge in [0.15, 0.2) is 0 Å². The van der Waals surface area contributed by atoms with Crippen molar-refractivity contribution in [1.29, 1.82) is 0 Å². The van der Waals surface area contributed by atoms with Crippen molar-refractivity contribution in [1.82, 2.24) is 4.90 Å². The Balaban J connectivity index is 2.21. The van der Waals surface area contributed by atoms with Gasteiger partial charge >= 0.3 is 6.09 Å². The number of nitrogens with zero attached hydrogens (tertiary/aromatic N) is 1. The van der Waals surface area contributed by atoms with E-state index in [1.165, 1.54) is 0 Å². The number of benzene rings is 1. The van der Waals surface area contributed by atoms with Crippen LogP contribution in [0.15, 0.2) is 12.1 Å². The standard InChI is InChI=1S/C15H20ClNO4/c1-15(2,3)21-14(18)17-5-6-20-12-8-13(19-4)11(16)7-10(12)9-17/h7-8H,5-6,9H2,1-4H3. The fourth-order valence-corrected chi connectivity index (χ4v) is 2.29. The molecule has 0 aliphatic carbocycles. The molecule has 5 nitrogen and oxygen atoms in total. The average Bonchev–Trinajstić information content (AvgIpc) is 2.57. The Bertz CT molecular complexity index is 539. The topological polar surface area (TPSA) is 48.0 Å². The van der Waals surface area contributed by atoms with E-state index in [2.05, 4.69) is 0 Å². The summed E-state index contributed by atoms with van der Waals surface area (Å²) in [7, 11) is 1.55. The smallest absolute Gasteiger partial charge is 0.410 e. The predicted octanol–water partition coefficient (Wildman–Crippen LogP) is 3.48. The van der Waals surface area contributed by atoms with Crippen molar-refractivity contribution >= 4 is 17.7 Å². The van der Waals surface area contributed by atoms with Gasteiger partial charge in [-0.3, -0.25) is 0 Å². The van der Waals surface area contributed by atoms with Gasteiger partial charge in [0.2, 0.25) is 0 Å². The maximum Gasteiger partial charge on any atom is 0.410 e. The van der Waals surface area contributed by atoms with Crippen molar-refractivity contribution in [3.05, 3.63) is 22.7 Å². The lowest BCUT2D eigenvalue weighted by atomic mass is 10.2. The molecule has 0 saturated carbocycles.